The van der Waals surface area contributed by atoms with E-state index in [0.29, 0.717) is 18.9 Å². The summed E-state index contributed by atoms with van der Waals surface area (Å²) in [6.45, 7) is 0.792. The van der Waals surface area contributed by atoms with Crippen molar-refractivity contribution in [3.63, 3.8) is 0 Å². The van der Waals surface area contributed by atoms with E-state index in [9.17, 15) is 17.6 Å². The third-order valence-corrected chi connectivity index (χ3v) is 4.55. The van der Waals surface area contributed by atoms with Gasteiger partial charge in [-0.1, -0.05) is 0 Å². The van der Waals surface area contributed by atoms with Crippen LogP contribution < -0.4 is 10.1 Å². The number of hydrogen-bond acceptors (Lipinski definition) is 5. The number of carbonyl (C=O) groups is 1. The SMILES string of the molecule is CS(=O)(=O)N1CCOC(CNC(=O)COc2ccc(F)cc2)C1. The molecule has 1 aliphatic rings. The van der Waals surface area contributed by atoms with E-state index >= 15 is 0 Å². The number of hydrogen-bond donors (Lipinski definition) is 1. The fourth-order valence-electron chi connectivity index (χ4n) is 2.08. The minimum absolute atomic E-state index is 0.192. The molecule has 7 nitrogen and oxygen atoms in total. The van der Waals surface area contributed by atoms with E-state index < -0.39 is 16.1 Å². The number of nitrogens with zero attached hydrogens (tertiary/aromatic N) is 1. The molecule has 9 heteroatoms. The largest absolute Gasteiger partial charge is 0.484 e. The predicted octanol–water partition coefficient (Wildman–Crippen LogP) is -0.0189. The van der Waals surface area contributed by atoms with Crippen LogP contribution in [0.25, 0.3) is 0 Å². The fraction of sp³-hybridized carbons (Fsp3) is 0.500. The maximum absolute atomic E-state index is 12.7. The quantitative estimate of drug-likeness (QED) is 0.783. The van der Waals surface area contributed by atoms with Crippen molar-refractivity contribution in [2.45, 2.75) is 6.10 Å². The Labute approximate surface area is 134 Å². The molecule has 1 saturated heterocycles. The van der Waals surface area contributed by atoms with Gasteiger partial charge in [-0.25, -0.2) is 12.8 Å². The van der Waals surface area contributed by atoms with Crippen molar-refractivity contribution < 1.29 is 27.1 Å². The van der Waals surface area contributed by atoms with Crippen LogP contribution in [0.4, 0.5) is 4.39 Å². The highest BCUT2D eigenvalue weighted by Gasteiger charge is 2.26. The standard InChI is InChI=1S/C14H19FN2O5S/c1-23(19,20)17-6-7-21-13(9-17)8-16-14(18)10-22-12-4-2-11(15)3-5-12/h2-5,13H,6-10H2,1H3,(H,16,18). The van der Waals surface area contributed by atoms with Crippen LogP contribution in [0.3, 0.4) is 0 Å². The van der Waals surface area contributed by atoms with E-state index in [1.807, 2.05) is 0 Å². The lowest BCUT2D eigenvalue weighted by atomic mass is 10.3. The van der Waals surface area contributed by atoms with Crippen molar-refractivity contribution in [2.24, 2.45) is 0 Å². The minimum Gasteiger partial charge on any atom is -0.484 e. The molecule has 0 radical (unpaired) electrons. The first-order valence-corrected chi connectivity index (χ1v) is 8.91. The zero-order chi connectivity index (χ0) is 16.9. The molecular formula is C14H19FN2O5S. The number of rotatable bonds is 6. The van der Waals surface area contributed by atoms with Gasteiger partial charge in [0.1, 0.15) is 11.6 Å². The van der Waals surface area contributed by atoms with Crippen molar-refractivity contribution in [3.05, 3.63) is 30.1 Å². The molecule has 1 amide bonds. The van der Waals surface area contributed by atoms with Gasteiger partial charge < -0.3 is 14.8 Å². The van der Waals surface area contributed by atoms with Gasteiger partial charge in [0.15, 0.2) is 6.61 Å². The molecule has 0 spiro atoms. The first-order valence-electron chi connectivity index (χ1n) is 7.06. The number of morpholine rings is 1. The predicted molar refractivity (Wildman–Crippen MR) is 81.1 cm³/mol. The number of ether oxygens (including phenoxy) is 2. The van der Waals surface area contributed by atoms with E-state index in [4.69, 9.17) is 9.47 Å². The number of halogens is 1. The Morgan fingerprint density at radius 1 is 1.43 bits per heavy atom. The Balaban J connectivity index is 1.72. The summed E-state index contributed by atoms with van der Waals surface area (Å²) >= 11 is 0. The summed E-state index contributed by atoms with van der Waals surface area (Å²) in [5.41, 5.74) is 0. The second-order valence-electron chi connectivity index (χ2n) is 5.16. The topological polar surface area (TPSA) is 84.9 Å². The summed E-state index contributed by atoms with van der Waals surface area (Å²) in [5.74, 6) is -0.361. The fourth-order valence-corrected chi connectivity index (χ4v) is 2.92. The maximum atomic E-state index is 12.7. The molecule has 23 heavy (non-hydrogen) atoms. The smallest absolute Gasteiger partial charge is 0.258 e. The molecule has 1 aliphatic heterocycles. The van der Waals surface area contributed by atoms with Crippen LogP contribution in [-0.2, 0) is 19.6 Å². The van der Waals surface area contributed by atoms with Crippen LogP contribution >= 0.6 is 0 Å². The second-order valence-corrected chi connectivity index (χ2v) is 7.14. The van der Waals surface area contributed by atoms with Gasteiger partial charge in [-0.05, 0) is 24.3 Å². The van der Waals surface area contributed by atoms with Gasteiger partial charge in [-0.3, -0.25) is 4.79 Å². The van der Waals surface area contributed by atoms with E-state index in [1.54, 1.807) is 0 Å². The summed E-state index contributed by atoms with van der Waals surface area (Å²) in [7, 11) is -3.26. The molecule has 1 unspecified atom stereocenters. The Hall–Kier alpha value is -1.71. The van der Waals surface area contributed by atoms with Gasteiger partial charge in [-0.2, -0.15) is 4.31 Å². The maximum Gasteiger partial charge on any atom is 0.258 e. The highest BCUT2D eigenvalue weighted by atomic mass is 32.2. The van der Waals surface area contributed by atoms with Crippen molar-refractivity contribution in [2.75, 3.05) is 39.1 Å². The summed E-state index contributed by atoms with van der Waals surface area (Å²) < 4.78 is 47.7. The molecule has 1 atom stereocenters. The van der Waals surface area contributed by atoms with Gasteiger partial charge >= 0.3 is 0 Å². The van der Waals surface area contributed by atoms with E-state index in [2.05, 4.69) is 5.32 Å². The Morgan fingerprint density at radius 2 is 2.13 bits per heavy atom. The Morgan fingerprint density at radius 3 is 2.78 bits per heavy atom. The monoisotopic (exact) mass is 346 g/mol. The molecule has 0 bridgehead atoms. The third-order valence-electron chi connectivity index (χ3n) is 3.28. The highest BCUT2D eigenvalue weighted by Crippen LogP contribution is 2.11. The molecule has 1 fully saturated rings. The average Bonchev–Trinajstić information content (AvgIpc) is 2.52. The number of nitrogens with one attached hydrogen (secondary N) is 1. The average molecular weight is 346 g/mol. The molecule has 2 rings (SSSR count). The molecule has 128 valence electrons. The van der Waals surface area contributed by atoms with Crippen molar-refractivity contribution in [3.8, 4) is 5.75 Å². The Bertz CT molecular complexity index is 635. The van der Waals surface area contributed by atoms with Crippen LogP contribution in [0.2, 0.25) is 0 Å². The van der Waals surface area contributed by atoms with E-state index in [0.717, 1.165) is 6.26 Å². The van der Waals surface area contributed by atoms with E-state index in [-0.39, 0.29) is 31.4 Å². The molecule has 1 N–H and O–H groups in total. The molecule has 0 saturated carbocycles. The zero-order valence-corrected chi connectivity index (χ0v) is 13.5. The molecule has 0 aromatic heterocycles. The number of carbonyl (C=O) groups excluding carboxylic acids is 1. The molecule has 1 heterocycles. The Kier molecular flexibility index (Phi) is 5.91. The summed E-state index contributed by atoms with van der Waals surface area (Å²) in [4.78, 5) is 11.7. The van der Waals surface area contributed by atoms with Crippen LogP contribution in [0, 0.1) is 5.82 Å². The summed E-state index contributed by atoms with van der Waals surface area (Å²) in [6, 6.07) is 5.33. The van der Waals surface area contributed by atoms with Gasteiger partial charge in [0.2, 0.25) is 10.0 Å². The number of sulfonamides is 1. The van der Waals surface area contributed by atoms with Crippen LogP contribution in [0.15, 0.2) is 24.3 Å². The second kappa shape index (κ2) is 7.71. The van der Waals surface area contributed by atoms with Gasteiger partial charge in [-0.15, -0.1) is 0 Å². The molecule has 1 aromatic carbocycles. The summed E-state index contributed by atoms with van der Waals surface area (Å²) in [6.07, 6.45) is 0.748. The molecule has 1 aromatic rings. The lowest BCUT2D eigenvalue weighted by Gasteiger charge is -2.31. The minimum atomic E-state index is -3.26. The van der Waals surface area contributed by atoms with Crippen molar-refractivity contribution in [1.29, 1.82) is 0 Å². The van der Waals surface area contributed by atoms with Crippen LogP contribution in [0.5, 0.6) is 5.75 Å². The van der Waals surface area contributed by atoms with Crippen LogP contribution in [-0.4, -0.2) is 63.8 Å². The summed E-state index contributed by atoms with van der Waals surface area (Å²) in [5, 5.41) is 2.62. The first-order chi connectivity index (χ1) is 10.8. The third kappa shape index (κ3) is 5.77. The molecular weight excluding hydrogens is 327 g/mol. The zero-order valence-electron chi connectivity index (χ0n) is 12.7. The first kappa shape index (κ1) is 17.6. The molecule has 0 aliphatic carbocycles. The lowest BCUT2D eigenvalue weighted by Crippen LogP contribution is -2.49. The van der Waals surface area contributed by atoms with E-state index in [1.165, 1.54) is 28.6 Å². The van der Waals surface area contributed by atoms with Gasteiger partial charge in [0.05, 0.1) is 19.0 Å². The van der Waals surface area contributed by atoms with Crippen LogP contribution in [0.1, 0.15) is 0 Å². The van der Waals surface area contributed by atoms with Crippen molar-refractivity contribution >= 4 is 15.9 Å². The number of benzene rings is 1. The lowest BCUT2D eigenvalue weighted by molar-refractivity contribution is -0.124. The van der Waals surface area contributed by atoms with Gasteiger partial charge in [0.25, 0.3) is 5.91 Å². The normalized spacial score (nSPS) is 19.3. The van der Waals surface area contributed by atoms with Gasteiger partial charge in [0, 0.05) is 19.6 Å². The number of amides is 1. The van der Waals surface area contributed by atoms with Crippen molar-refractivity contribution in [1.82, 2.24) is 9.62 Å². The highest BCUT2D eigenvalue weighted by molar-refractivity contribution is 7.88.